The Morgan fingerprint density at radius 2 is 2.37 bits per heavy atom. The van der Waals surface area contributed by atoms with Gasteiger partial charge in [0, 0.05) is 12.4 Å². The summed E-state index contributed by atoms with van der Waals surface area (Å²) in [6, 6.07) is -0.958. The summed E-state index contributed by atoms with van der Waals surface area (Å²) in [5.41, 5.74) is 0. The van der Waals surface area contributed by atoms with Crippen LogP contribution in [0.5, 0.6) is 0 Å². The molecule has 1 aromatic rings. The van der Waals surface area contributed by atoms with Crippen LogP contribution in [0, 0.1) is 0 Å². The minimum atomic E-state index is -2.64. The van der Waals surface area contributed by atoms with E-state index in [1.807, 2.05) is 0 Å². The van der Waals surface area contributed by atoms with Crippen molar-refractivity contribution in [2.45, 2.75) is 24.8 Å². The van der Waals surface area contributed by atoms with Crippen LogP contribution in [-0.2, 0) is 15.3 Å². The van der Waals surface area contributed by atoms with Crippen LogP contribution < -0.4 is 5.32 Å². The first kappa shape index (κ1) is 15.4. The lowest BCUT2D eigenvalue weighted by atomic mass is 10.2. The summed E-state index contributed by atoms with van der Waals surface area (Å²) in [4.78, 5) is 24.7. The van der Waals surface area contributed by atoms with Gasteiger partial charge in [0.05, 0.1) is 5.75 Å². The summed E-state index contributed by atoms with van der Waals surface area (Å²) >= 11 is 1.28. The van der Waals surface area contributed by atoms with Gasteiger partial charge < -0.3 is 10.4 Å². The molecule has 1 rings (SSSR count). The van der Waals surface area contributed by atoms with Gasteiger partial charge in [-0.05, 0) is 12.2 Å². The molecule has 1 unspecified atom stereocenters. The van der Waals surface area contributed by atoms with Gasteiger partial charge in [0.15, 0.2) is 0 Å². The summed E-state index contributed by atoms with van der Waals surface area (Å²) in [6.07, 6.45) is 3.02. The van der Waals surface area contributed by atoms with E-state index in [1.54, 1.807) is 0 Å². The van der Waals surface area contributed by atoms with Gasteiger partial charge in [-0.1, -0.05) is 0 Å². The van der Waals surface area contributed by atoms with Gasteiger partial charge in [0.1, 0.15) is 11.9 Å². The van der Waals surface area contributed by atoms with Crippen molar-refractivity contribution in [3.05, 3.63) is 18.2 Å². The molecule has 0 bridgehead atoms. The van der Waals surface area contributed by atoms with Gasteiger partial charge in [-0.3, -0.25) is 9.36 Å². The second-order valence-corrected chi connectivity index (χ2v) is 4.65. The number of carboxylic acid groups (broad SMARTS) is 1. The molecule has 0 aromatic carbocycles. The fourth-order valence-corrected chi connectivity index (χ4v) is 2.31. The number of halogens is 2. The van der Waals surface area contributed by atoms with E-state index in [4.69, 9.17) is 5.11 Å². The summed E-state index contributed by atoms with van der Waals surface area (Å²) < 4.78 is 25.7. The monoisotopic (exact) mass is 293 g/mol. The molecular formula is C10H13F2N3O3S. The van der Waals surface area contributed by atoms with E-state index in [0.29, 0.717) is 12.2 Å². The number of hydrogen-bond acceptors (Lipinski definition) is 4. The lowest BCUT2D eigenvalue weighted by Crippen LogP contribution is -2.36. The smallest absolute Gasteiger partial charge is 0.326 e. The molecule has 1 aromatic heterocycles. The number of aromatic nitrogens is 2. The van der Waals surface area contributed by atoms with Gasteiger partial charge in [0.2, 0.25) is 6.41 Å². The summed E-state index contributed by atoms with van der Waals surface area (Å²) in [5, 5.41) is 10.9. The largest absolute Gasteiger partial charge is 0.480 e. The van der Waals surface area contributed by atoms with Crippen molar-refractivity contribution in [3.8, 4) is 0 Å². The van der Waals surface area contributed by atoms with Gasteiger partial charge >= 0.3 is 12.5 Å². The van der Waals surface area contributed by atoms with Crippen molar-refractivity contribution < 1.29 is 23.5 Å². The van der Waals surface area contributed by atoms with E-state index in [1.165, 1.54) is 24.2 Å². The minimum absolute atomic E-state index is 0.216. The van der Waals surface area contributed by atoms with E-state index in [0.717, 1.165) is 4.57 Å². The molecule has 0 aliphatic heterocycles. The molecule has 0 radical (unpaired) electrons. The van der Waals surface area contributed by atoms with E-state index >= 15 is 0 Å². The molecular weight excluding hydrogens is 280 g/mol. The molecule has 0 aliphatic carbocycles. The highest BCUT2D eigenvalue weighted by molar-refractivity contribution is 7.98. The zero-order valence-electron chi connectivity index (χ0n) is 9.83. The molecule has 1 heterocycles. The maximum atomic E-state index is 12.5. The molecule has 6 nitrogen and oxygen atoms in total. The average Bonchev–Trinajstić information content (AvgIpc) is 2.81. The number of nitrogens with zero attached hydrogens (tertiary/aromatic N) is 2. The van der Waals surface area contributed by atoms with E-state index < -0.39 is 18.6 Å². The molecule has 0 saturated carbocycles. The van der Waals surface area contributed by atoms with Crippen LogP contribution in [0.2, 0.25) is 0 Å². The third-order valence-electron chi connectivity index (χ3n) is 2.31. The van der Waals surface area contributed by atoms with Gasteiger partial charge in [-0.15, -0.1) is 0 Å². The number of nitrogens with one attached hydrogen (secondary N) is 1. The molecule has 0 aliphatic rings. The zero-order chi connectivity index (χ0) is 14.3. The lowest BCUT2D eigenvalue weighted by Gasteiger charge is -2.10. The van der Waals surface area contributed by atoms with Crippen molar-refractivity contribution >= 4 is 24.1 Å². The van der Waals surface area contributed by atoms with Crippen LogP contribution in [0.25, 0.3) is 0 Å². The van der Waals surface area contributed by atoms with E-state index in [9.17, 15) is 18.4 Å². The number of imidazole rings is 1. The number of thioether (sulfide) groups is 1. The first-order valence-electron chi connectivity index (χ1n) is 5.36. The number of carbonyl (C=O) groups excluding carboxylic acids is 1. The summed E-state index contributed by atoms with van der Waals surface area (Å²) in [6.45, 7) is -2.64. The maximum absolute atomic E-state index is 12.5. The normalized spacial score (nSPS) is 12.4. The number of amides is 1. The van der Waals surface area contributed by atoms with Gasteiger partial charge in [0.25, 0.3) is 0 Å². The third-order valence-corrected chi connectivity index (χ3v) is 3.30. The van der Waals surface area contributed by atoms with Crippen molar-refractivity contribution in [1.82, 2.24) is 14.9 Å². The van der Waals surface area contributed by atoms with Crippen molar-refractivity contribution in [2.75, 3.05) is 5.75 Å². The molecule has 1 atom stereocenters. The second-order valence-electron chi connectivity index (χ2n) is 3.55. The molecule has 19 heavy (non-hydrogen) atoms. The Hall–Kier alpha value is -1.64. The van der Waals surface area contributed by atoms with Gasteiger partial charge in [-0.25, -0.2) is 9.78 Å². The highest BCUT2D eigenvalue weighted by atomic mass is 32.2. The third kappa shape index (κ3) is 4.86. The Balaban J connectivity index is 2.35. The number of carbonyl (C=O) groups is 2. The van der Waals surface area contributed by atoms with Crippen LogP contribution in [0.4, 0.5) is 8.78 Å². The van der Waals surface area contributed by atoms with Crippen LogP contribution >= 0.6 is 11.8 Å². The van der Waals surface area contributed by atoms with Crippen LogP contribution in [-0.4, -0.2) is 38.8 Å². The number of alkyl halides is 2. The van der Waals surface area contributed by atoms with Crippen molar-refractivity contribution in [2.24, 2.45) is 0 Å². The molecule has 0 saturated heterocycles. The Morgan fingerprint density at radius 1 is 1.63 bits per heavy atom. The highest BCUT2D eigenvalue weighted by Crippen LogP contribution is 2.18. The zero-order valence-corrected chi connectivity index (χ0v) is 10.6. The van der Waals surface area contributed by atoms with Crippen LogP contribution in [0.3, 0.4) is 0 Å². The fourth-order valence-electron chi connectivity index (χ4n) is 1.36. The fraction of sp³-hybridized carbons (Fsp3) is 0.500. The van der Waals surface area contributed by atoms with Gasteiger partial charge in [-0.2, -0.15) is 20.5 Å². The van der Waals surface area contributed by atoms with Crippen LogP contribution in [0.15, 0.2) is 12.4 Å². The molecule has 106 valence electrons. The number of aliphatic carboxylic acids is 1. The predicted octanol–water partition coefficient (Wildman–Crippen LogP) is 1.10. The number of rotatable bonds is 9. The molecule has 0 spiro atoms. The standard InChI is InChI=1S/C10H13F2N3O3S/c11-10(12)15-3-2-13-8(15)5-19-4-1-7(9(17)18)14-6-16/h2-3,6-7,10H,1,4-5H2,(H,14,16)(H,17,18). The van der Waals surface area contributed by atoms with E-state index in [-0.39, 0.29) is 18.0 Å². The lowest BCUT2D eigenvalue weighted by molar-refractivity contribution is -0.140. The average molecular weight is 293 g/mol. The Labute approximate surface area is 112 Å². The van der Waals surface area contributed by atoms with Crippen molar-refractivity contribution in [3.63, 3.8) is 0 Å². The quantitative estimate of drug-likeness (QED) is 0.526. The minimum Gasteiger partial charge on any atom is -0.480 e. The number of carboxylic acids is 1. The van der Waals surface area contributed by atoms with Crippen molar-refractivity contribution in [1.29, 1.82) is 0 Å². The number of hydrogen-bond donors (Lipinski definition) is 2. The molecule has 0 fully saturated rings. The Bertz CT molecular complexity index is 428. The first-order chi connectivity index (χ1) is 9.06. The Kier molecular flexibility index (Phi) is 6.26. The molecule has 2 N–H and O–H groups in total. The maximum Gasteiger partial charge on any atom is 0.326 e. The van der Waals surface area contributed by atoms with E-state index in [2.05, 4.69) is 10.3 Å². The summed E-state index contributed by atoms with van der Waals surface area (Å²) in [5.74, 6) is -0.226. The topological polar surface area (TPSA) is 84.2 Å². The predicted molar refractivity (Wildman–Crippen MR) is 64.9 cm³/mol. The highest BCUT2D eigenvalue weighted by Gasteiger charge is 2.16. The first-order valence-corrected chi connectivity index (χ1v) is 6.51. The second kappa shape index (κ2) is 7.72. The Morgan fingerprint density at radius 3 is 2.95 bits per heavy atom. The molecule has 1 amide bonds. The molecule has 9 heteroatoms. The SMILES string of the molecule is O=CNC(CCSCc1nccn1C(F)F)C(=O)O. The summed E-state index contributed by atoms with van der Waals surface area (Å²) in [7, 11) is 0. The van der Waals surface area contributed by atoms with Crippen LogP contribution in [0.1, 0.15) is 18.8 Å².